The van der Waals surface area contributed by atoms with Gasteiger partial charge in [0, 0.05) is 17.8 Å². The van der Waals surface area contributed by atoms with Crippen molar-refractivity contribution in [1.82, 2.24) is 5.32 Å². The second kappa shape index (κ2) is 9.66. The lowest BCUT2D eigenvalue weighted by Crippen LogP contribution is -2.54. The van der Waals surface area contributed by atoms with Gasteiger partial charge in [0.2, 0.25) is 5.91 Å². The molecule has 1 aliphatic carbocycles. The largest absolute Gasteiger partial charge is 0.350 e. The highest BCUT2D eigenvalue weighted by Crippen LogP contribution is 2.26. The number of nitrogens with one attached hydrogen (secondary N) is 2. The van der Waals surface area contributed by atoms with Gasteiger partial charge in [0.15, 0.2) is 0 Å². The van der Waals surface area contributed by atoms with Crippen molar-refractivity contribution in [3.8, 4) is 0 Å². The second-order valence-corrected chi connectivity index (χ2v) is 7.06. The van der Waals surface area contributed by atoms with E-state index in [4.69, 9.17) is 5.73 Å². The Morgan fingerprint density at radius 1 is 1.04 bits per heavy atom. The molecule has 2 amide bonds. The summed E-state index contributed by atoms with van der Waals surface area (Å²) in [6, 6.07) is 12.7. The number of hydrogen-bond donors (Lipinski definition) is 3. The Labute approximate surface area is 170 Å². The van der Waals surface area contributed by atoms with Crippen molar-refractivity contribution in [3.63, 3.8) is 0 Å². The summed E-state index contributed by atoms with van der Waals surface area (Å²) in [6.45, 7) is 0.335. The molecule has 2 aromatic carbocycles. The number of anilines is 1. The predicted octanol–water partition coefficient (Wildman–Crippen LogP) is 3.78. The minimum absolute atomic E-state index is 0. The summed E-state index contributed by atoms with van der Waals surface area (Å²) in [4.78, 5) is 24.7. The number of nitrogens with two attached hydrogens (primary N) is 1. The monoisotopic (exact) mass is 405 g/mol. The lowest BCUT2D eigenvalue weighted by Gasteiger charge is -2.31. The quantitative estimate of drug-likeness (QED) is 0.707. The Balaban J connectivity index is 0.00000280. The summed E-state index contributed by atoms with van der Waals surface area (Å²) in [5, 5.41) is 5.64. The smallest absolute Gasteiger partial charge is 0.255 e. The molecular weight excluding hydrogens is 381 g/mol. The lowest BCUT2D eigenvalue weighted by molar-refractivity contribution is -0.127. The second-order valence-electron chi connectivity index (χ2n) is 7.06. The molecule has 0 bridgehead atoms. The van der Waals surface area contributed by atoms with E-state index < -0.39 is 11.4 Å². The van der Waals surface area contributed by atoms with Gasteiger partial charge in [-0.1, -0.05) is 37.5 Å². The topological polar surface area (TPSA) is 84.2 Å². The minimum Gasteiger partial charge on any atom is -0.350 e. The molecule has 28 heavy (non-hydrogen) atoms. The number of rotatable bonds is 5. The maximum atomic E-state index is 13.3. The molecule has 7 heteroatoms. The maximum Gasteiger partial charge on any atom is 0.255 e. The third kappa shape index (κ3) is 5.53. The van der Waals surface area contributed by atoms with Crippen molar-refractivity contribution < 1.29 is 14.0 Å². The molecular formula is C21H25ClFN3O2. The van der Waals surface area contributed by atoms with Gasteiger partial charge >= 0.3 is 0 Å². The SMILES string of the molecule is Cl.NC1(C(=O)NCc2cccc(NC(=O)c3cccc(F)c3)c2)CCCCC1. The van der Waals surface area contributed by atoms with Gasteiger partial charge in [-0.25, -0.2) is 4.39 Å². The van der Waals surface area contributed by atoms with Crippen LogP contribution in [0.3, 0.4) is 0 Å². The van der Waals surface area contributed by atoms with Crippen molar-refractivity contribution in [2.45, 2.75) is 44.2 Å². The number of carbonyl (C=O) groups is 2. The zero-order valence-electron chi connectivity index (χ0n) is 15.5. The first-order valence-corrected chi connectivity index (χ1v) is 9.19. The highest BCUT2D eigenvalue weighted by Gasteiger charge is 2.34. The molecule has 3 rings (SSSR count). The molecule has 2 aromatic rings. The van der Waals surface area contributed by atoms with Crippen LogP contribution in [-0.4, -0.2) is 17.4 Å². The third-order valence-electron chi connectivity index (χ3n) is 4.92. The molecule has 150 valence electrons. The van der Waals surface area contributed by atoms with Gasteiger partial charge in [0.25, 0.3) is 5.91 Å². The zero-order chi connectivity index (χ0) is 19.3. The average molecular weight is 406 g/mol. The standard InChI is InChI=1S/C21H24FN3O2.ClH/c22-17-8-5-7-16(13-17)19(26)25-18-9-4-6-15(12-18)14-24-20(27)21(23)10-2-1-3-11-21;/h4-9,12-13H,1-3,10-11,14,23H2,(H,24,27)(H,25,26);1H. The van der Waals surface area contributed by atoms with Crippen LogP contribution in [0.4, 0.5) is 10.1 Å². The van der Waals surface area contributed by atoms with Crippen LogP contribution in [0.2, 0.25) is 0 Å². The Morgan fingerprint density at radius 3 is 2.46 bits per heavy atom. The van der Waals surface area contributed by atoms with E-state index in [0.29, 0.717) is 25.1 Å². The minimum atomic E-state index is -0.776. The van der Waals surface area contributed by atoms with Crippen molar-refractivity contribution in [3.05, 3.63) is 65.5 Å². The van der Waals surface area contributed by atoms with Crippen molar-refractivity contribution >= 4 is 29.9 Å². The number of hydrogen-bond acceptors (Lipinski definition) is 3. The van der Waals surface area contributed by atoms with E-state index >= 15 is 0 Å². The molecule has 1 fully saturated rings. The molecule has 0 aromatic heterocycles. The Hall–Kier alpha value is -2.44. The third-order valence-corrected chi connectivity index (χ3v) is 4.92. The fourth-order valence-corrected chi connectivity index (χ4v) is 3.36. The van der Waals surface area contributed by atoms with Crippen molar-refractivity contribution in [2.24, 2.45) is 5.73 Å². The molecule has 5 nitrogen and oxygen atoms in total. The molecule has 0 unspecified atom stereocenters. The van der Waals surface area contributed by atoms with Crippen molar-refractivity contribution in [2.75, 3.05) is 5.32 Å². The van der Waals surface area contributed by atoms with E-state index in [-0.39, 0.29) is 29.8 Å². The Kier molecular flexibility index (Phi) is 7.54. The number of carbonyl (C=O) groups excluding carboxylic acids is 2. The van der Waals surface area contributed by atoms with Crippen LogP contribution in [-0.2, 0) is 11.3 Å². The van der Waals surface area contributed by atoms with Crippen LogP contribution in [0.25, 0.3) is 0 Å². The van der Waals surface area contributed by atoms with Gasteiger partial charge in [0.05, 0.1) is 5.54 Å². The molecule has 0 aliphatic heterocycles. The van der Waals surface area contributed by atoms with Gasteiger partial charge in [-0.2, -0.15) is 0 Å². The molecule has 0 saturated heterocycles. The highest BCUT2D eigenvalue weighted by atomic mass is 35.5. The first-order chi connectivity index (χ1) is 13.0. The fourth-order valence-electron chi connectivity index (χ4n) is 3.36. The predicted molar refractivity (Wildman–Crippen MR) is 110 cm³/mol. The molecule has 1 saturated carbocycles. The summed E-state index contributed by atoms with van der Waals surface area (Å²) in [5.74, 6) is -0.979. The van der Waals surface area contributed by atoms with E-state index in [2.05, 4.69) is 10.6 Å². The molecule has 0 atom stereocenters. The van der Waals surface area contributed by atoms with Gasteiger partial charge in [-0.05, 0) is 48.7 Å². The van der Waals surface area contributed by atoms with Gasteiger partial charge in [-0.15, -0.1) is 12.4 Å². The lowest BCUT2D eigenvalue weighted by atomic mass is 9.82. The van der Waals surface area contributed by atoms with Crippen LogP contribution in [0.1, 0.15) is 48.0 Å². The van der Waals surface area contributed by atoms with Crippen LogP contribution >= 0.6 is 12.4 Å². The van der Waals surface area contributed by atoms with Crippen LogP contribution in [0.15, 0.2) is 48.5 Å². The fraction of sp³-hybridized carbons (Fsp3) is 0.333. The van der Waals surface area contributed by atoms with Gasteiger partial charge < -0.3 is 16.4 Å². The van der Waals surface area contributed by atoms with E-state index in [1.54, 1.807) is 24.3 Å². The van der Waals surface area contributed by atoms with E-state index in [0.717, 1.165) is 24.8 Å². The summed E-state index contributed by atoms with van der Waals surface area (Å²) in [6.07, 6.45) is 4.50. The van der Waals surface area contributed by atoms with E-state index in [1.165, 1.54) is 18.2 Å². The van der Waals surface area contributed by atoms with E-state index in [9.17, 15) is 14.0 Å². The van der Waals surface area contributed by atoms with Gasteiger partial charge in [0.1, 0.15) is 5.82 Å². The van der Waals surface area contributed by atoms with Crippen LogP contribution in [0, 0.1) is 5.82 Å². The van der Waals surface area contributed by atoms with Crippen LogP contribution in [0.5, 0.6) is 0 Å². The average Bonchev–Trinajstić information content (AvgIpc) is 2.67. The summed E-state index contributed by atoms with van der Waals surface area (Å²) < 4.78 is 13.3. The molecule has 0 spiro atoms. The van der Waals surface area contributed by atoms with Crippen molar-refractivity contribution in [1.29, 1.82) is 0 Å². The summed E-state index contributed by atoms with van der Waals surface area (Å²) in [5.41, 5.74) is 7.14. The van der Waals surface area contributed by atoms with Gasteiger partial charge in [-0.3, -0.25) is 9.59 Å². The maximum absolute atomic E-state index is 13.3. The first kappa shape index (κ1) is 21.9. The first-order valence-electron chi connectivity index (χ1n) is 9.19. The van der Waals surface area contributed by atoms with E-state index in [1.807, 2.05) is 6.07 Å². The number of halogens is 2. The molecule has 0 heterocycles. The number of benzene rings is 2. The Morgan fingerprint density at radius 2 is 1.75 bits per heavy atom. The molecule has 4 N–H and O–H groups in total. The summed E-state index contributed by atoms with van der Waals surface area (Å²) in [7, 11) is 0. The zero-order valence-corrected chi connectivity index (χ0v) is 16.4. The molecule has 0 radical (unpaired) electrons. The number of amides is 2. The Bertz CT molecular complexity index is 838. The molecule has 1 aliphatic rings. The normalized spacial score (nSPS) is 15.2. The highest BCUT2D eigenvalue weighted by molar-refractivity contribution is 6.04. The van der Waals surface area contributed by atoms with Crippen LogP contribution < -0.4 is 16.4 Å². The summed E-state index contributed by atoms with van der Waals surface area (Å²) >= 11 is 0.